The highest BCUT2D eigenvalue weighted by Gasteiger charge is 2.35. The quantitative estimate of drug-likeness (QED) is 0.311. The van der Waals surface area contributed by atoms with E-state index < -0.39 is 27.4 Å². The van der Waals surface area contributed by atoms with Crippen LogP contribution in [0.1, 0.15) is 37.5 Å². The van der Waals surface area contributed by atoms with Gasteiger partial charge in [-0.05, 0) is 19.9 Å². The lowest BCUT2D eigenvalue weighted by Crippen LogP contribution is -2.33. The van der Waals surface area contributed by atoms with Crippen molar-refractivity contribution in [2.75, 3.05) is 18.9 Å². The molecule has 15 heteroatoms. The Morgan fingerprint density at radius 2 is 1.86 bits per heavy atom. The molecule has 0 saturated carbocycles. The molecule has 190 valence electrons. The predicted molar refractivity (Wildman–Crippen MR) is 135 cm³/mol. The van der Waals surface area contributed by atoms with Crippen molar-refractivity contribution in [3.8, 4) is 17.4 Å². The second kappa shape index (κ2) is 10.8. The Labute approximate surface area is 216 Å². The minimum atomic E-state index is -4.06. The molecular weight excluding hydrogens is 528 g/mol. The second-order valence-corrected chi connectivity index (χ2v) is 10.8. The summed E-state index contributed by atoms with van der Waals surface area (Å²) >= 11 is 7.29. The summed E-state index contributed by atoms with van der Waals surface area (Å²) in [5.74, 6) is 0.890. The molecule has 0 saturated heterocycles. The van der Waals surface area contributed by atoms with E-state index in [0.29, 0.717) is 28.1 Å². The van der Waals surface area contributed by atoms with Gasteiger partial charge in [-0.1, -0.05) is 17.7 Å². The third-order valence-corrected chi connectivity index (χ3v) is 7.92. The molecule has 12 nitrogen and oxygen atoms in total. The largest absolute Gasteiger partial charge is 0.481 e. The van der Waals surface area contributed by atoms with Crippen LogP contribution in [0.25, 0.3) is 11.5 Å². The normalized spacial score (nSPS) is 14.2. The Balaban J connectivity index is 1.73. The number of nitrogens with one attached hydrogen (secondary N) is 1. The van der Waals surface area contributed by atoms with E-state index in [9.17, 15) is 8.42 Å². The Hall–Kier alpha value is -3.20. The number of nitrogens with zero attached hydrogens (tertiary/aromatic N) is 7. The summed E-state index contributed by atoms with van der Waals surface area (Å²) in [6.07, 6.45) is 1.79. The van der Waals surface area contributed by atoms with Crippen molar-refractivity contribution in [2.24, 2.45) is 0 Å². The lowest BCUT2D eigenvalue weighted by atomic mass is 10.2. The molecule has 0 amide bonds. The zero-order valence-electron chi connectivity index (χ0n) is 19.7. The van der Waals surface area contributed by atoms with Crippen molar-refractivity contribution in [2.45, 2.75) is 31.2 Å². The lowest BCUT2D eigenvalue weighted by molar-refractivity contribution is 0.0950. The average Bonchev–Trinajstić information content (AvgIpc) is 3.55. The summed E-state index contributed by atoms with van der Waals surface area (Å²) in [5, 5.41) is 9.48. The molecule has 0 fully saturated rings. The van der Waals surface area contributed by atoms with Gasteiger partial charge in [-0.2, -0.15) is 0 Å². The van der Waals surface area contributed by atoms with Crippen LogP contribution in [0.4, 0.5) is 5.95 Å². The van der Waals surface area contributed by atoms with E-state index in [0.717, 1.165) is 0 Å². The zero-order chi connectivity index (χ0) is 25.9. The summed E-state index contributed by atoms with van der Waals surface area (Å²) in [5.41, 5.74) is 2.86. The first-order valence-corrected chi connectivity index (χ1v) is 13.5. The maximum Gasteiger partial charge on any atom is 0.240 e. The molecule has 0 radical (unpaired) electrons. The summed E-state index contributed by atoms with van der Waals surface area (Å²) in [4.78, 5) is 17.0. The summed E-state index contributed by atoms with van der Waals surface area (Å²) in [7, 11) is -1.17. The maximum atomic E-state index is 13.4. The van der Waals surface area contributed by atoms with Crippen molar-refractivity contribution in [1.29, 1.82) is 0 Å². The van der Waals surface area contributed by atoms with Gasteiger partial charge >= 0.3 is 0 Å². The number of ether oxygens (including phenoxy) is 2. The van der Waals surface area contributed by atoms with Gasteiger partial charge in [-0.25, -0.2) is 28.4 Å². The van der Waals surface area contributed by atoms with E-state index in [2.05, 4.69) is 34.9 Å². The zero-order valence-corrected chi connectivity index (χ0v) is 22.1. The Kier molecular flexibility index (Phi) is 7.78. The van der Waals surface area contributed by atoms with Crippen LogP contribution in [0.5, 0.6) is 5.88 Å². The molecule has 4 heterocycles. The lowest BCUT2D eigenvalue weighted by Gasteiger charge is -2.23. The van der Waals surface area contributed by atoms with Gasteiger partial charge in [0.15, 0.2) is 11.6 Å². The van der Waals surface area contributed by atoms with E-state index >= 15 is 0 Å². The summed E-state index contributed by atoms with van der Waals surface area (Å²) < 4.78 is 41.7. The molecule has 0 aliphatic carbocycles. The Morgan fingerprint density at radius 1 is 1.11 bits per heavy atom. The average molecular weight is 551 g/mol. The molecular formula is C21H23ClN8O4S2. The second-order valence-electron chi connectivity index (χ2n) is 7.64. The van der Waals surface area contributed by atoms with Crippen LogP contribution in [0.3, 0.4) is 0 Å². The number of hydrogen-bond acceptors (Lipinski definition) is 11. The molecule has 4 aromatic rings. The van der Waals surface area contributed by atoms with E-state index in [1.165, 1.54) is 44.9 Å². The van der Waals surface area contributed by atoms with E-state index in [-0.39, 0.29) is 11.8 Å². The smallest absolute Gasteiger partial charge is 0.240 e. The molecule has 4 aromatic heterocycles. The van der Waals surface area contributed by atoms with E-state index in [1.54, 1.807) is 28.3 Å². The van der Waals surface area contributed by atoms with Gasteiger partial charge in [-0.15, -0.1) is 21.5 Å². The van der Waals surface area contributed by atoms with Gasteiger partial charge in [0.25, 0.3) is 0 Å². The van der Waals surface area contributed by atoms with Crippen molar-refractivity contribution in [1.82, 2.24) is 34.7 Å². The van der Waals surface area contributed by atoms with E-state index in [4.69, 9.17) is 21.1 Å². The molecule has 0 unspecified atom stereocenters. The van der Waals surface area contributed by atoms with Crippen LogP contribution in [0.2, 0.25) is 5.02 Å². The number of pyridine rings is 1. The molecule has 4 rings (SSSR count). The van der Waals surface area contributed by atoms with Crippen LogP contribution in [-0.2, 0) is 14.8 Å². The van der Waals surface area contributed by atoms with Gasteiger partial charge in [0.2, 0.25) is 21.9 Å². The molecule has 0 aromatic carbocycles. The maximum absolute atomic E-state index is 13.4. The van der Waals surface area contributed by atoms with Gasteiger partial charge in [0, 0.05) is 30.9 Å². The summed E-state index contributed by atoms with van der Waals surface area (Å²) in [6, 6.07) is 4.77. The highest BCUT2D eigenvalue weighted by Crippen LogP contribution is 2.31. The first-order chi connectivity index (χ1) is 17.2. The minimum absolute atomic E-state index is 0.00570. The molecule has 36 heavy (non-hydrogen) atoms. The topological polar surface area (TPSA) is 147 Å². The molecule has 0 aliphatic rings. The number of hydrogen-bond donors (Lipinski definition) is 1. The van der Waals surface area contributed by atoms with Crippen molar-refractivity contribution in [3.63, 3.8) is 0 Å². The number of halogens is 1. The number of aromatic nitrogens is 7. The number of anilines is 1. The van der Waals surface area contributed by atoms with Gasteiger partial charge in [0.05, 0.1) is 29.4 Å². The van der Waals surface area contributed by atoms with Gasteiger partial charge < -0.3 is 9.47 Å². The van der Waals surface area contributed by atoms with E-state index in [1.807, 2.05) is 12.3 Å². The summed E-state index contributed by atoms with van der Waals surface area (Å²) in [6.45, 7) is 3.35. The van der Waals surface area contributed by atoms with Crippen LogP contribution in [0, 0.1) is 0 Å². The number of thiazole rings is 1. The van der Waals surface area contributed by atoms with Crippen LogP contribution >= 0.6 is 22.9 Å². The fourth-order valence-corrected chi connectivity index (χ4v) is 5.35. The SMILES string of the molecule is COc1cccc(-c2nnc(NS(=O)(=O)[C@@H](C)[C@H](OC)c3ncc(Cl)cn3)n2[C@H](C)c2cscn2)n1. The van der Waals surface area contributed by atoms with Gasteiger partial charge in [-0.3, -0.25) is 9.29 Å². The molecule has 0 aliphatic heterocycles. The minimum Gasteiger partial charge on any atom is -0.481 e. The van der Waals surface area contributed by atoms with Gasteiger partial charge in [0.1, 0.15) is 17.0 Å². The van der Waals surface area contributed by atoms with Crippen LogP contribution < -0.4 is 9.46 Å². The number of methoxy groups -OCH3 is 2. The highest BCUT2D eigenvalue weighted by atomic mass is 35.5. The molecule has 0 spiro atoms. The fraction of sp³-hybridized carbons (Fsp3) is 0.333. The highest BCUT2D eigenvalue weighted by molar-refractivity contribution is 7.93. The third-order valence-electron chi connectivity index (χ3n) is 5.42. The monoisotopic (exact) mass is 550 g/mol. The molecule has 1 N–H and O–H groups in total. The van der Waals surface area contributed by atoms with Crippen LogP contribution in [0.15, 0.2) is 41.5 Å². The Morgan fingerprint density at radius 3 is 2.50 bits per heavy atom. The van der Waals surface area contributed by atoms with Crippen LogP contribution in [-0.4, -0.2) is 62.6 Å². The fourth-order valence-electron chi connectivity index (χ4n) is 3.48. The van der Waals surface area contributed by atoms with Crippen molar-refractivity contribution < 1.29 is 17.9 Å². The van der Waals surface area contributed by atoms with Crippen molar-refractivity contribution in [3.05, 3.63) is 58.0 Å². The first-order valence-electron chi connectivity index (χ1n) is 10.6. The first kappa shape index (κ1) is 25.9. The number of rotatable bonds is 10. The predicted octanol–water partition coefficient (Wildman–Crippen LogP) is 3.38. The molecule has 0 bridgehead atoms. The number of sulfonamides is 1. The van der Waals surface area contributed by atoms with Crippen molar-refractivity contribution >= 4 is 38.9 Å². The molecule has 3 atom stereocenters. The standard InChI is InChI=1S/C21H23ClN8O4S2/c1-12(16-10-35-11-25-16)30-20(15-6-5-7-17(26-15)33-3)27-28-21(30)29-36(31,32)13(2)18(34-4)19-23-8-14(22)9-24-19/h5-13,18H,1-4H3,(H,28,29)/t12-,13+,18+/m1/s1. The third kappa shape index (κ3) is 5.31. The Bertz CT molecular complexity index is 1410.